The summed E-state index contributed by atoms with van der Waals surface area (Å²) in [5.41, 5.74) is 1.28. The van der Waals surface area contributed by atoms with Crippen LogP contribution in [0.1, 0.15) is 39.5 Å². The third-order valence-electron chi connectivity index (χ3n) is 4.14. The third kappa shape index (κ3) is 0.936. The molecule has 0 amide bonds. The van der Waals surface area contributed by atoms with E-state index in [1.54, 1.807) is 0 Å². The fraction of sp³-hybridized carbons (Fsp3) is 1.00. The largest absolute Gasteiger partial charge is 0.316 e. The van der Waals surface area contributed by atoms with E-state index in [9.17, 15) is 0 Å². The van der Waals surface area contributed by atoms with Gasteiger partial charge in [0.2, 0.25) is 0 Å². The summed E-state index contributed by atoms with van der Waals surface area (Å²) in [5.74, 6) is 0. The summed E-state index contributed by atoms with van der Waals surface area (Å²) in [5, 5.41) is 3.51. The summed E-state index contributed by atoms with van der Waals surface area (Å²) in [6, 6.07) is 0. The highest BCUT2D eigenvalue weighted by Crippen LogP contribution is 2.55. The van der Waals surface area contributed by atoms with E-state index in [-0.39, 0.29) is 0 Å². The van der Waals surface area contributed by atoms with Crippen LogP contribution in [0.15, 0.2) is 0 Å². The van der Waals surface area contributed by atoms with E-state index in [0.29, 0.717) is 10.8 Å². The van der Waals surface area contributed by atoms with Crippen LogP contribution < -0.4 is 5.32 Å². The Labute approximate surface area is 69.6 Å². The molecule has 2 rings (SSSR count). The van der Waals surface area contributed by atoms with Gasteiger partial charge < -0.3 is 5.32 Å². The second-order valence-electron chi connectivity index (χ2n) is 4.94. The summed E-state index contributed by atoms with van der Waals surface area (Å²) in [7, 11) is 0. The molecule has 1 aliphatic heterocycles. The van der Waals surface area contributed by atoms with Gasteiger partial charge in [-0.3, -0.25) is 0 Å². The Balaban J connectivity index is 2.22. The maximum atomic E-state index is 3.51. The average Bonchev–Trinajstić information content (AvgIpc) is 2.45. The predicted octanol–water partition coefficient (Wildman–Crippen LogP) is 2.18. The van der Waals surface area contributed by atoms with Gasteiger partial charge in [0.1, 0.15) is 0 Å². The molecule has 0 radical (unpaired) electrons. The van der Waals surface area contributed by atoms with E-state index in [1.807, 2.05) is 0 Å². The zero-order chi connectivity index (χ0) is 7.95. The number of rotatable bonds is 0. The lowest BCUT2D eigenvalue weighted by Crippen LogP contribution is -2.34. The fourth-order valence-electron chi connectivity index (χ4n) is 3.01. The first-order chi connectivity index (χ1) is 5.16. The van der Waals surface area contributed by atoms with Crippen molar-refractivity contribution >= 4 is 0 Å². The van der Waals surface area contributed by atoms with E-state index in [1.165, 1.54) is 38.8 Å². The van der Waals surface area contributed by atoms with Gasteiger partial charge in [0.15, 0.2) is 0 Å². The van der Waals surface area contributed by atoms with Crippen LogP contribution >= 0.6 is 0 Å². The van der Waals surface area contributed by atoms with Crippen molar-refractivity contribution in [2.45, 2.75) is 39.5 Å². The van der Waals surface area contributed by atoms with Crippen LogP contribution in [-0.2, 0) is 0 Å². The maximum Gasteiger partial charge on any atom is 0.00134 e. The highest BCUT2D eigenvalue weighted by atomic mass is 14.9. The van der Waals surface area contributed by atoms with E-state index in [0.717, 1.165) is 0 Å². The first kappa shape index (κ1) is 7.60. The summed E-state index contributed by atoms with van der Waals surface area (Å²) in [4.78, 5) is 0. The molecular weight excluding hydrogens is 134 g/mol. The Bertz CT molecular complexity index is 149. The SMILES string of the molecule is CC1(C)CCCC12CCNC2. The zero-order valence-corrected chi connectivity index (χ0v) is 7.74. The molecule has 1 nitrogen and oxygen atoms in total. The molecule has 1 aliphatic carbocycles. The molecular formula is C10H19N. The van der Waals surface area contributed by atoms with Gasteiger partial charge in [-0.1, -0.05) is 20.3 Å². The predicted molar refractivity (Wildman–Crippen MR) is 47.6 cm³/mol. The van der Waals surface area contributed by atoms with Gasteiger partial charge in [-0.15, -0.1) is 0 Å². The topological polar surface area (TPSA) is 12.0 Å². The summed E-state index contributed by atoms with van der Waals surface area (Å²) in [6.07, 6.45) is 5.77. The molecule has 1 saturated heterocycles. The molecule has 1 heterocycles. The van der Waals surface area contributed by atoms with Crippen LogP contribution in [0.3, 0.4) is 0 Å². The molecule has 1 spiro atoms. The first-order valence-corrected chi connectivity index (χ1v) is 4.87. The molecule has 0 aromatic heterocycles. The van der Waals surface area contributed by atoms with Gasteiger partial charge in [-0.2, -0.15) is 0 Å². The van der Waals surface area contributed by atoms with Crippen molar-refractivity contribution in [2.24, 2.45) is 10.8 Å². The van der Waals surface area contributed by atoms with Crippen molar-refractivity contribution in [3.05, 3.63) is 0 Å². The smallest absolute Gasteiger partial charge is 0.00134 e. The molecule has 0 bridgehead atoms. The van der Waals surface area contributed by atoms with Crippen molar-refractivity contribution in [3.8, 4) is 0 Å². The second kappa shape index (κ2) is 2.22. The molecule has 0 aromatic carbocycles. The van der Waals surface area contributed by atoms with Crippen LogP contribution in [0.4, 0.5) is 0 Å². The zero-order valence-electron chi connectivity index (χ0n) is 7.74. The lowest BCUT2D eigenvalue weighted by molar-refractivity contribution is 0.133. The quantitative estimate of drug-likeness (QED) is 0.562. The van der Waals surface area contributed by atoms with Crippen LogP contribution in [0, 0.1) is 10.8 Å². The molecule has 11 heavy (non-hydrogen) atoms. The molecule has 0 aromatic rings. The average molecular weight is 153 g/mol. The maximum absolute atomic E-state index is 3.51. The van der Waals surface area contributed by atoms with Gasteiger partial charge >= 0.3 is 0 Å². The molecule has 1 N–H and O–H groups in total. The summed E-state index contributed by atoms with van der Waals surface area (Å²) >= 11 is 0. The number of nitrogens with one attached hydrogen (secondary N) is 1. The van der Waals surface area contributed by atoms with Gasteiger partial charge in [0.25, 0.3) is 0 Å². The van der Waals surface area contributed by atoms with Crippen molar-refractivity contribution in [2.75, 3.05) is 13.1 Å². The van der Waals surface area contributed by atoms with Gasteiger partial charge in [0, 0.05) is 6.54 Å². The Hall–Kier alpha value is -0.0400. The lowest BCUT2D eigenvalue weighted by atomic mass is 9.67. The minimum Gasteiger partial charge on any atom is -0.316 e. The minimum absolute atomic E-state index is 0.608. The standard InChI is InChI=1S/C10H19N/c1-9(2)4-3-5-10(9)6-7-11-8-10/h11H,3-8H2,1-2H3. The molecule has 1 saturated carbocycles. The van der Waals surface area contributed by atoms with E-state index in [2.05, 4.69) is 19.2 Å². The van der Waals surface area contributed by atoms with Crippen molar-refractivity contribution in [3.63, 3.8) is 0 Å². The van der Waals surface area contributed by atoms with E-state index < -0.39 is 0 Å². The number of hydrogen-bond donors (Lipinski definition) is 1. The van der Waals surface area contributed by atoms with Crippen LogP contribution in [0.2, 0.25) is 0 Å². The molecule has 1 heteroatoms. The molecule has 2 aliphatic rings. The van der Waals surface area contributed by atoms with Crippen LogP contribution in [0.5, 0.6) is 0 Å². The Morgan fingerprint density at radius 3 is 2.36 bits per heavy atom. The Morgan fingerprint density at radius 2 is 1.91 bits per heavy atom. The Kier molecular flexibility index (Phi) is 1.54. The second-order valence-corrected chi connectivity index (χ2v) is 4.94. The molecule has 1 atom stereocenters. The first-order valence-electron chi connectivity index (χ1n) is 4.87. The highest BCUT2D eigenvalue weighted by molar-refractivity contribution is 5.02. The van der Waals surface area contributed by atoms with Gasteiger partial charge in [-0.25, -0.2) is 0 Å². The Morgan fingerprint density at radius 1 is 1.09 bits per heavy atom. The minimum atomic E-state index is 0.608. The molecule has 2 fully saturated rings. The number of hydrogen-bond acceptors (Lipinski definition) is 1. The van der Waals surface area contributed by atoms with Crippen molar-refractivity contribution in [1.82, 2.24) is 5.32 Å². The summed E-state index contributed by atoms with van der Waals surface area (Å²) in [6.45, 7) is 7.43. The molecule has 1 unspecified atom stereocenters. The van der Waals surface area contributed by atoms with Crippen molar-refractivity contribution in [1.29, 1.82) is 0 Å². The fourth-order valence-corrected chi connectivity index (χ4v) is 3.01. The van der Waals surface area contributed by atoms with Crippen LogP contribution in [0.25, 0.3) is 0 Å². The molecule has 64 valence electrons. The van der Waals surface area contributed by atoms with Gasteiger partial charge in [0.05, 0.1) is 0 Å². The van der Waals surface area contributed by atoms with E-state index in [4.69, 9.17) is 0 Å². The summed E-state index contributed by atoms with van der Waals surface area (Å²) < 4.78 is 0. The van der Waals surface area contributed by atoms with Gasteiger partial charge in [-0.05, 0) is 36.6 Å². The van der Waals surface area contributed by atoms with Crippen LogP contribution in [-0.4, -0.2) is 13.1 Å². The monoisotopic (exact) mass is 153 g/mol. The van der Waals surface area contributed by atoms with E-state index >= 15 is 0 Å². The highest BCUT2D eigenvalue weighted by Gasteiger charge is 2.49. The van der Waals surface area contributed by atoms with Crippen molar-refractivity contribution < 1.29 is 0 Å². The third-order valence-corrected chi connectivity index (χ3v) is 4.14. The normalized spacial score (nSPS) is 42.0. The lowest BCUT2D eigenvalue weighted by Gasteiger charge is -2.37.